The minimum Gasteiger partial charge on any atom is -0.361 e. The number of nitrogens with one attached hydrogen (secondary N) is 1. The van der Waals surface area contributed by atoms with Crippen molar-refractivity contribution in [3.8, 4) is 0 Å². The van der Waals surface area contributed by atoms with Gasteiger partial charge in [-0.2, -0.15) is 0 Å². The number of nitrogens with zero attached hydrogens (tertiary/aromatic N) is 1. The van der Waals surface area contributed by atoms with Crippen molar-refractivity contribution in [1.29, 1.82) is 0 Å². The SMILES string of the molecule is CC(CN)N1CCC(c2c[nH]c3ccccc23)CC1. The average Bonchev–Trinajstić information content (AvgIpc) is 2.90. The van der Waals surface area contributed by atoms with Crippen LogP contribution in [0.2, 0.25) is 0 Å². The van der Waals surface area contributed by atoms with Crippen LogP contribution in [0.3, 0.4) is 0 Å². The molecule has 2 heterocycles. The lowest BCUT2D eigenvalue weighted by atomic mass is 9.89. The first-order valence-electron chi connectivity index (χ1n) is 7.29. The zero-order valence-corrected chi connectivity index (χ0v) is 11.6. The Labute approximate surface area is 114 Å². The maximum atomic E-state index is 5.76. The van der Waals surface area contributed by atoms with E-state index in [2.05, 4.69) is 47.3 Å². The highest BCUT2D eigenvalue weighted by Crippen LogP contribution is 2.33. The third-order valence-electron chi connectivity index (χ3n) is 4.56. The summed E-state index contributed by atoms with van der Waals surface area (Å²) in [7, 11) is 0. The van der Waals surface area contributed by atoms with Gasteiger partial charge in [0, 0.05) is 29.7 Å². The van der Waals surface area contributed by atoms with Crippen LogP contribution in [0.25, 0.3) is 10.9 Å². The molecule has 0 bridgehead atoms. The highest BCUT2D eigenvalue weighted by atomic mass is 15.2. The van der Waals surface area contributed by atoms with Gasteiger partial charge in [0.05, 0.1) is 0 Å². The van der Waals surface area contributed by atoms with Gasteiger partial charge in [0.15, 0.2) is 0 Å². The van der Waals surface area contributed by atoms with E-state index in [1.165, 1.54) is 42.4 Å². The second kappa shape index (κ2) is 5.35. The van der Waals surface area contributed by atoms with Gasteiger partial charge in [-0.25, -0.2) is 0 Å². The molecule has 19 heavy (non-hydrogen) atoms. The normalized spacial score (nSPS) is 19.9. The van der Waals surface area contributed by atoms with Crippen molar-refractivity contribution in [3.05, 3.63) is 36.0 Å². The Bertz CT molecular complexity index is 538. The summed E-state index contributed by atoms with van der Waals surface area (Å²) < 4.78 is 0. The molecule has 1 saturated heterocycles. The van der Waals surface area contributed by atoms with Gasteiger partial charge in [0.2, 0.25) is 0 Å². The van der Waals surface area contributed by atoms with Crippen molar-refractivity contribution < 1.29 is 0 Å². The van der Waals surface area contributed by atoms with Gasteiger partial charge < -0.3 is 10.7 Å². The average molecular weight is 257 g/mol. The Balaban J connectivity index is 1.75. The molecular weight excluding hydrogens is 234 g/mol. The number of likely N-dealkylation sites (tertiary alicyclic amines) is 1. The van der Waals surface area contributed by atoms with Gasteiger partial charge >= 0.3 is 0 Å². The third-order valence-corrected chi connectivity index (χ3v) is 4.56. The first-order chi connectivity index (χ1) is 9.29. The molecule has 1 aromatic carbocycles. The van der Waals surface area contributed by atoms with Crippen LogP contribution in [0, 0.1) is 0 Å². The highest BCUT2D eigenvalue weighted by molar-refractivity contribution is 5.83. The summed E-state index contributed by atoms with van der Waals surface area (Å²) in [5.41, 5.74) is 8.52. The number of hydrogen-bond acceptors (Lipinski definition) is 2. The fourth-order valence-corrected chi connectivity index (χ4v) is 3.23. The molecule has 2 aromatic rings. The van der Waals surface area contributed by atoms with E-state index in [-0.39, 0.29) is 0 Å². The van der Waals surface area contributed by atoms with Gasteiger partial charge in [-0.15, -0.1) is 0 Å². The van der Waals surface area contributed by atoms with Crippen molar-refractivity contribution in [1.82, 2.24) is 9.88 Å². The number of fused-ring (bicyclic) bond motifs is 1. The van der Waals surface area contributed by atoms with Crippen LogP contribution in [-0.2, 0) is 0 Å². The lowest BCUT2D eigenvalue weighted by Gasteiger charge is -2.35. The first-order valence-corrected chi connectivity index (χ1v) is 7.29. The topological polar surface area (TPSA) is 45.0 Å². The van der Waals surface area contributed by atoms with Gasteiger partial charge in [0.1, 0.15) is 0 Å². The van der Waals surface area contributed by atoms with Gasteiger partial charge in [-0.05, 0) is 50.4 Å². The van der Waals surface area contributed by atoms with E-state index < -0.39 is 0 Å². The predicted molar refractivity (Wildman–Crippen MR) is 80.4 cm³/mol. The fraction of sp³-hybridized carbons (Fsp3) is 0.500. The quantitative estimate of drug-likeness (QED) is 0.888. The summed E-state index contributed by atoms with van der Waals surface area (Å²) in [6.07, 6.45) is 4.69. The minimum atomic E-state index is 0.518. The zero-order chi connectivity index (χ0) is 13.2. The predicted octanol–water partition coefficient (Wildman–Crippen LogP) is 2.69. The molecule has 1 unspecified atom stereocenters. The number of piperidine rings is 1. The van der Waals surface area contributed by atoms with Crippen LogP contribution in [0.5, 0.6) is 0 Å². The van der Waals surface area contributed by atoms with Crippen molar-refractivity contribution in [2.75, 3.05) is 19.6 Å². The molecule has 1 atom stereocenters. The van der Waals surface area contributed by atoms with Crippen molar-refractivity contribution in [2.24, 2.45) is 5.73 Å². The molecule has 3 nitrogen and oxygen atoms in total. The van der Waals surface area contributed by atoms with Gasteiger partial charge in [0.25, 0.3) is 0 Å². The van der Waals surface area contributed by atoms with E-state index in [1.807, 2.05) is 0 Å². The Morgan fingerprint density at radius 3 is 2.79 bits per heavy atom. The molecule has 0 aliphatic carbocycles. The second-order valence-electron chi connectivity index (χ2n) is 5.68. The zero-order valence-electron chi connectivity index (χ0n) is 11.6. The number of benzene rings is 1. The Morgan fingerprint density at radius 2 is 2.05 bits per heavy atom. The van der Waals surface area contributed by atoms with E-state index in [0.29, 0.717) is 12.0 Å². The summed E-state index contributed by atoms with van der Waals surface area (Å²) in [4.78, 5) is 5.92. The van der Waals surface area contributed by atoms with E-state index in [1.54, 1.807) is 0 Å². The number of aromatic amines is 1. The molecule has 0 amide bonds. The van der Waals surface area contributed by atoms with Crippen LogP contribution in [0.4, 0.5) is 0 Å². The molecule has 1 fully saturated rings. The summed E-state index contributed by atoms with van der Waals surface area (Å²) in [5, 5.41) is 1.40. The number of nitrogens with two attached hydrogens (primary N) is 1. The number of H-pyrrole nitrogens is 1. The lowest BCUT2D eigenvalue weighted by molar-refractivity contribution is 0.166. The van der Waals surface area contributed by atoms with Crippen LogP contribution in [-0.4, -0.2) is 35.6 Å². The lowest BCUT2D eigenvalue weighted by Crippen LogP contribution is -2.43. The minimum absolute atomic E-state index is 0.518. The summed E-state index contributed by atoms with van der Waals surface area (Å²) >= 11 is 0. The summed E-state index contributed by atoms with van der Waals surface area (Å²) in [6.45, 7) is 5.33. The molecule has 3 heteroatoms. The first kappa shape index (κ1) is 12.7. The molecular formula is C16H23N3. The number of rotatable bonds is 3. The van der Waals surface area contributed by atoms with Crippen LogP contribution in [0.15, 0.2) is 30.5 Å². The maximum absolute atomic E-state index is 5.76. The molecule has 0 spiro atoms. The maximum Gasteiger partial charge on any atom is 0.0456 e. The largest absolute Gasteiger partial charge is 0.361 e. The highest BCUT2D eigenvalue weighted by Gasteiger charge is 2.24. The summed E-state index contributed by atoms with van der Waals surface area (Å²) in [5.74, 6) is 0.692. The molecule has 3 rings (SSSR count). The van der Waals surface area contributed by atoms with Crippen molar-refractivity contribution >= 4 is 10.9 Å². The molecule has 1 aliphatic heterocycles. The van der Waals surface area contributed by atoms with Gasteiger partial charge in [-0.3, -0.25) is 4.90 Å². The molecule has 102 valence electrons. The Kier molecular flexibility index (Phi) is 3.58. The van der Waals surface area contributed by atoms with Crippen molar-refractivity contribution in [3.63, 3.8) is 0 Å². The monoisotopic (exact) mass is 257 g/mol. The number of aromatic nitrogens is 1. The van der Waals surface area contributed by atoms with Gasteiger partial charge in [-0.1, -0.05) is 18.2 Å². The van der Waals surface area contributed by atoms with Crippen molar-refractivity contribution in [2.45, 2.75) is 31.7 Å². The van der Waals surface area contributed by atoms with E-state index in [0.717, 1.165) is 6.54 Å². The smallest absolute Gasteiger partial charge is 0.0456 e. The third kappa shape index (κ3) is 2.40. The number of hydrogen-bond donors (Lipinski definition) is 2. The fourth-order valence-electron chi connectivity index (χ4n) is 3.23. The molecule has 1 aliphatic rings. The standard InChI is InChI=1S/C16H23N3/c1-12(10-17)19-8-6-13(7-9-19)15-11-18-16-5-3-2-4-14(15)16/h2-5,11-13,18H,6-10,17H2,1H3. The van der Waals surface area contributed by atoms with E-state index >= 15 is 0 Å². The molecule has 0 radical (unpaired) electrons. The van der Waals surface area contributed by atoms with Crippen LogP contribution in [0.1, 0.15) is 31.2 Å². The van der Waals surface area contributed by atoms with Crippen LogP contribution >= 0.6 is 0 Å². The summed E-state index contributed by atoms with van der Waals surface area (Å²) in [6, 6.07) is 9.13. The molecule has 3 N–H and O–H groups in total. The van der Waals surface area contributed by atoms with Crippen LogP contribution < -0.4 is 5.73 Å². The Hall–Kier alpha value is -1.32. The molecule has 1 aromatic heterocycles. The van der Waals surface area contributed by atoms with E-state index in [9.17, 15) is 0 Å². The Morgan fingerprint density at radius 1 is 1.32 bits per heavy atom. The molecule has 0 saturated carbocycles. The second-order valence-corrected chi connectivity index (χ2v) is 5.68. The van der Waals surface area contributed by atoms with E-state index in [4.69, 9.17) is 5.73 Å². The number of para-hydroxylation sites is 1.